The lowest BCUT2D eigenvalue weighted by Gasteiger charge is -2.25. The van der Waals surface area contributed by atoms with Gasteiger partial charge in [-0.25, -0.2) is 0 Å². The topological polar surface area (TPSA) is 37.6 Å². The number of rotatable bonds is 7. The molecule has 2 heterocycles. The molecular formula is C20H22N2O2S2. The highest BCUT2D eigenvalue weighted by atomic mass is 32.1. The average molecular weight is 387 g/mol. The molecule has 0 radical (unpaired) electrons. The molecule has 0 saturated carbocycles. The summed E-state index contributed by atoms with van der Waals surface area (Å²) in [4.78, 5) is 3.41. The Kier molecular flexibility index (Phi) is 6.30. The second-order valence-corrected chi connectivity index (χ2v) is 7.24. The zero-order valence-electron chi connectivity index (χ0n) is 14.9. The molecule has 0 atom stereocenters. The fourth-order valence-electron chi connectivity index (χ4n) is 2.53. The Bertz CT molecular complexity index is 826. The summed E-state index contributed by atoms with van der Waals surface area (Å²) < 4.78 is 11.0. The maximum atomic E-state index is 5.68. The van der Waals surface area contributed by atoms with E-state index in [9.17, 15) is 0 Å². The molecule has 0 aliphatic heterocycles. The molecule has 136 valence electrons. The highest BCUT2D eigenvalue weighted by Crippen LogP contribution is 2.21. The Balaban J connectivity index is 1.72. The molecule has 0 saturated heterocycles. The van der Waals surface area contributed by atoms with Gasteiger partial charge in [0.25, 0.3) is 0 Å². The maximum absolute atomic E-state index is 5.68. The molecule has 3 rings (SSSR count). The van der Waals surface area contributed by atoms with E-state index in [1.54, 1.807) is 17.6 Å². The molecule has 0 amide bonds. The van der Waals surface area contributed by atoms with Gasteiger partial charge in [-0.3, -0.25) is 0 Å². The smallest absolute Gasteiger partial charge is 0.174 e. The number of ether oxygens (including phenoxy) is 1. The number of nitrogens with zero attached hydrogens (tertiary/aromatic N) is 1. The third kappa shape index (κ3) is 4.86. The Morgan fingerprint density at radius 3 is 2.62 bits per heavy atom. The predicted molar refractivity (Wildman–Crippen MR) is 111 cm³/mol. The van der Waals surface area contributed by atoms with Crippen LogP contribution >= 0.6 is 23.6 Å². The third-order valence-corrected chi connectivity index (χ3v) is 5.30. The summed E-state index contributed by atoms with van der Waals surface area (Å²) in [6.07, 6.45) is 1.69. The molecule has 0 aliphatic rings. The van der Waals surface area contributed by atoms with Gasteiger partial charge in [-0.05, 0) is 79.5 Å². The monoisotopic (exact) mass is 386 g/mol. The SMILES string of the molecule is CCOc1ccc(NC(=S)N(Cc2ccco2)Cc2sccc2C)cc1. The van der Waals surface area contributed by atoms with Crippen LogP contribution in [0.15, 0.2) is 58.5 Å². The predicted octanol–water partition coefficient (Wildman–Crippen LogP) is 5.45. The summed E-state index contributed by atoms with van der Waals surface area (Å²) in [6.45, 7) is 6.11. The van der Waals surface area contributed by atoms with Crippen LogP contribution in [0.3, 0.4) is 0 Å². The molecule has 4 nitrogen and oxygen atoms in total. The van der Waals surface area contributed by atoms with Gasteiger partial charge in [-0.2, -0.15) is 0 Å². The molecule has 0 spiro atoms. The lowest BCUT2D eigenvalue weighted by molar-refractivity contribution is 0.340. The van der Waals surface area contributed by atoms with E-state index < -0.39 is 0 Å². The van der Waals surface area contributed by atoms with Gasteiger partial charge >= 0.3 is 0 Å². The molecule has 26 heavy (non-hydrogen) atoms. The van der Waals surface area contributed by atoms with Gasteiger partial charge in [0.1, 0.15) is 11.5 Å². The number of hydrogen-bond donors (Lipinski definition) is 1. The van der Waals surface area contributed by atoms with Crippen LogP contribution in [0.2, 0.25) is 0 Å². The number of furan rings is 1. The van der Waals surface area contributed by atoms with Crippen molar-refractivity contribution in [1.82, 2.24) is 4.90 Å². The van der Waals surface area contributed by atoms with Crippen molar-refractivity contribution in [2.75, 3.05) is 11.9 Å². The molecule has 0 fully saturated rings. The van der Waals surface area contributed by atoms with Crippen LogP contribution in [-0.2, 0) is 13.1 Å². The molecule has 6 heteroatoms. The van der Waals surface area contributed by atoms with Crippen molar-refractivity contribution in [2.24, 2.45) is 0 Å². The van der Waals surface area contributed by atoms with Crippen molar-refractivity contribution < 1.29 is 9.15 Å². The lowest BCUT2D eigenvalue weighted by Crippen LogP contribution is -2.33. The van der Waals surface area contributed by atoms with Crippen molar-refractivity contribution in [3.8, 4) is 5.75 Å². The fourth-order valence-corrected chi connectivity index (χ4v) is 3.70. The summed E-state index contributed by atoms with van der Waals surface area (Å²) in [5.41, 5.74) is 2.22. The first kappa shape index (κ1) is 18.5. The van der Waals surface area contributed by atoms with E-state index in [-0.39, 0.29) is 0 Å². The van der Waals surface area contributed by atoms with Crippen LogP contribution < -0.4 is 10.1 Å². The van der Waals surface area contributed by atoms with E-state index in [1.165, 1.54) is 10.4 Å². The summed E-state index contributed by atoms with van der Waals surface area (Å²) >= 11 is 7.42. The molecule has 0 aliphatic carbocycles. The first-order valence-corrected chi connectivity index (χ1v) is 9.78. The van der Waals surface area contributed by atoms with Gasteiger partial charge in [0.2, 0.25) is 0 Å². The normalized spacial score (nSPS) is 10.5. The van der Waals surface area contributed by atoms with Crippen LogP contribution in [0.1, 0.15) is 23.1 Å². The minimum atomic E-state index is 0.618. The highest BCUT2D eigenvalue weighted by Gasteiger charge is 2.15. The second kappa shape index (κ2) is 8.87. The summed E-state index contributed by atoms with van der Waals surface area (Å²) in [7, 11) is 0. The van der Waals surface area contributed by atoms with Crippen molar-refractivity contribution in [3.63, 3.8) is 0 Å². The lowest BCUT2D eigenvalue weighted by atomic mass is 10.2. The largest absolute Gasteiger partial charge is 0.494 e. The Hall–Kier alpha value is -2.31. The Morgan fingerprint density at radius 1 is 1.19 bits per heavy atom. The fraction of sp³-hybridized carbons (Fsp3) is 0.250. The summed E-state index contributed by atoms with van der Waals surface area (Å²) in [5.74, 6) is 1.74. The maximum Gasteiger partial charge on any atom is 0.174 e. The van der Waals surface area contributed by atoms with Crippen molar-refractivity contribution in [2.45, 2.75) is 26.9 Å². The summed E-state index contributed by atoms with van der Waals surface area (Å²) in [6, 6.07) is 13.8. The minimum absolute atomic E-state index is 0.618. The van der Waals surface area contributed by atoms with E-state index in [0.717, 1.165) is 23.7 Å². The van der Waals surface area contributed by atoms with Crippen LogP contribution in [0.4, 0.5) is 5.69 Å². The first-order chi connectivity index (χ1) is 12.7. The van der Waals surface area contributed by atoms with E-state index in [2.05, 4.69) is 28.6 Å². The van der Waals surface area contributed by atoms with E-state index >= 15 is 0 Å². The third-order valence-electron chi connectivity index (χ3n) is 3.93. The first-order valence-electron chi connectivity index (χ1n) is 8.50. The summed E-state index contributed by atoms with van der Waals surface area (Å²) in [5, 5.41) is 6.10. The molecule has 0 unspecified atom stereocenters. The van der Waals surface area contributed by atoms with Crippen LogP contribution in [0.25, 0.3) is 0 Å². The minimum Gasteiger partial charge on any atom is -0.494 e. The number of benzene rings is 1. The van der Waals surface area contributed by atoms with E-state index in [4.69, 9.17) is 21.4 Å². The molecule has 1 N–H and O–H groups in total. The number of aryl methyl sites for hydroxylation is 1. The van der Waals surface area contributed by atoms with Crippen molar-refractivity contribution in [1.29, 1.82) is 0 Å². The van der Waals surface area contributed by atoms with Crippen LogP contribution in [0, 0.1) is 6.92 Å². The van der Waals surface area contributed by atoms with Gasteiger partial charge in [-0.1, -0.05) is 0 Å². The zero-order chi connectivity index (χ0) is 18.4. The quantitative estimate of drug-likeness (QED) is 0.547. The molecule has 1 aromatic carbocycles. The molecule has 2 aromatic heterocycles. The van der Waals surface area contributed by atoms with Gasteiger partial charge in [0, 0.05) is 10.6 Å². The number of anilines is 1. The molecular weight excluding hydrogens is 364 g/mol. The standard InChI is InChI=1S/C20H22N2O2S2/c1-3-23-17-8-6-16(7-9-17)21-20(25)22(13-18-5-4-11-24-18)14-19-15(2)10-12-26-19/h4-12H,3,13-14H2,1-2H3,(H,21,25). The molecule has 3 aromatic rings. The second-order valence-electron chi connectivity index (χ2n) is 5.85. The zero-order valence-corrected chi connectivity index (χ0v) is 16.5. The number of thiophene rings is 1. The average Bonchev–Trinajstić information content (AvgIpc) is 3.28. The van der Waals surface area contributed by atoms with Gasteiger partial charge in [0.15, 0.2) is 5.11 Å². The van der Waals surface area contributed by atoms with Crippen LogP contribution in [-0.4, -0.2) is 16.6 Å². The Morgan fingerprint density at radius 2 is 2.00 bits per heavy atom. The van der Waals surface area contributed by atoms with E-state index in [1.807, 2.05) is 43.3 Å². The van der Waals surface area contributed by atoms with Gasteiger partial charge in [-0.15, -0.1) is 11.3 Å². The number of thiocarbonyl (C=S) groups is 1. The van der Waals surface area contributed by atoms with Gasteiger partial charge < -0.3 is 19.4 Å². The van der Waals surface area contributed by atoms with Gasteiger partial charge in [0.05, 0.1) is 26.0 Å². The number of hydrogen-bond acceptors (Lipinski definition) is 4. The van der Waals surface area contributed by atoms with Crippen molar-refractivity contribution in [3.05, 3.63) is 70.3 Å². The molecule has 0 bridgehead atoms. The van der Waals surface area contributed by atoms with Crippen molar-refractivity contribution >= 4 is 34.4 Å². The highest BCUT2D eigenvalue weighted by molar-refractivity contribution is 7.80. The number of nitrogens with one attached hydrogen (secondary N) is 1. The van der Waals surface area contributed by atoms with E-state index in [0.29, 0.717) is 18.3 Å². The Labute approximate surface area is 163 Å². The van der Waals surface area contributed by atoms with Crippen LogP contribution in [0.5, 0.6) is 5.75 Å².